The number of carboxylic acids is 1. The Balaban J connectivity index is 1.28. The number of nitrogens with one attached hydrogen (secondary N) is 2. The third-order valence-electron chi connectivity index (χ3n) is 8.26. The van der Waals surface area contributed by atoms with Crippen molar-refractivity contribution in [2.24, 2.45) is 10.9 Å². The van der Waals surface area contributed by atoms with Crippen LogP contribution in [-0.2, 0) is 35.6 Å². The number of nitrogens with two attached hydrogens (primary N) is 1. The number of carbonyl (C=O) groups is 3. The fourth-order valence-electron chi connectivity index (χ4n) is 5.77. The summed E-state index contributed by atoms with van der Waals surface area (Å²) in [5, 5.41) is 19.5. The monoisotopic (exact) mass is 664 g/mol. The van der Waals surface area contributed by atoms with Crippen LogP contribution in [0.4, 0.5) is 10.6 Å². The smallest absolute Gasteiger partial charge is 0.410 e. The fraction of sp³-hybridized carbons (Fsp3) is 0.344. The van der Waals surface area contributed by atoms with Crippen LogP contribution in [0.2, 0.25) is 0 Å². The number of aromatic nitrogens is 1. The van der Waals surface area contributed by atoms with Crippen LogP contribution in [0.3, 0.4) is 0 Å². The Morgan fingerprint density at radius 2 is 1.79 bits per heavy atom. The molecule has 0 bridgehead atoms. The molecule has 2 aliphatic rings. The zero-order valence-electron chi connectivity index (χ0n) is 25.9. The number of anilines is 1. The molecule has 2 aromatic carbocycles. The first-order valence-electron chi connectivity index (χ1n) is 14.8. The van der Waals surface area contributed by atoms with Crippen molar-refractivity contribution < 1.29 is 37.5 Å². The molecule has 0 aliphatic carbocycles. The highest BCUT2D eigenvalue weighted by atomic mass is 32.2. The summed E-state index contributed by atoms with van der Waals surface area (Å²) >= 11 is 0. The highest BCUT2D eigenvalue weighted by Gasteiger charge is 2.54. The van der Waals surface area contributed by atoms with Crippen LogP contribution in [0.15, 0.2) is 83.0 Å². The number of pyridine rings is 1. The van der Waals surface area contributed by atoms with Gasteiger partial charge in [-0.25, -0.2) is 23.0 Å². The lowest BCUT2D eigenvalue weighted by Gasteiger charge is -2.26. The topological polar surface area (TPSA) is 203 Å². The number of rotatable bonds is 11. The number of aliphatic carboxylic acids is 1. The minimum absolute atomic E-state index is 0.0321. The molecule has 248 valence electrons. The predicted molar refractivity (Wildman–Crippen MR) is 171 cm³/mol. The van der Waals surface area contributed by atoms with Gasteiger partial charge in [-0.15, -0.1) is 0 Å². The molecule has 15 heteroatoms. The average molecular weight is 665 g/mol. The number of aryl methyl sites for hydroxylation is 2. The molecule has 3 heterocycles. The third kappa shape index (κ3) is 6.90. The van der Waals surface area contributed by atoms with E-state index in [-0.39, 0.29) is 36.6 Å². The van der Waals surface area contributed by atoms with Gasteiger partial charge >= 0.3 is 12.1 Å². The summed E-state index contributed by atoms with van der Waals surface area (Å²) in [5.74, 6) is -2.07. The molecule has 5 N–H and O–H groups in total. The van der Waals surface area contributed by atoms with Crippen molar-refractivity contribution in [2.75, 3.05) is 25.0 Å². The first-order valence-corrected chi connectivity index (χ1v) is 16.3. The molecule has 1 spiro atoms. The SMILES string of the molecule is Cc1cccc(C)c1S(=O)(=O)[C@@](N)(CNC(=O)C1=NOC2(C1)CC(CNc1ccccn1)N(C(=O)OCc1ccccc1)C2)C(=O)O. The largest absolute Gasteiger partial charge is 0.479 e. The first kappa shape index (κ1) is 33.3. The third-order valence-corrected chi connectivity index (χ3v) is 10.7. The van der Waals surface area contributed by atoms with Crippen molar-refractivity contribution in [1.29, 1.82) is 0 Å². The van der Waals surface area contributed by atoms with Crippen molar-refractivity contribution in [2.45, 2.75) is 54.7 Å². The van der Waals surface area contributed by atoms with E-state index in [9.17, 15) is 27.9 Å². The number of carbonyl (C=O) groups excluding carboxylic acids is 2. The number of carboxylic acid groups (broad SMARTS) is 1. The van der Waals surface area contributed by atoms with E-state index in [1.807, 2.05) is 36.4 Å². The van der Waals surface area contributed by atoms with Gasteiger partial charge in [0, 0.05) is 25.6 Å². The van der Waals surface area contributed by atoms with Crippen molar-refractivity contribution in [3.8, 4) is 0 Å². The molecule has 2 aliphatic heterocycles. The second kappa shape index (κ2) is 13.4. The quantitative estimate of drug-likeness (QED) is 0.234. The van der Waals surface area contributed by atoms with Crippen molar-refractivity contribution in [3.05, 3.63) is 89.6 Å². The van der Waals surface area contributed by atoms with E-state index >= 15 is 0 Å². The zero-order valence-corrected chi connectivity index (χ0v) is 26.7. The lowest BCUT2D eigenvalue weighted by atomic mass is 9.94. The molecule has 1 fully saturated rings. The molecular formula is C32H36N6O8S. The lowest BCUT2D eigenvalue weighted by Crippen LogP contribution is -2.62. The predicted octanol–water partition coefficient (Wildman–Crippen LogP) is 2.37. The zero-order chi connectivity index (χ0) is 33.8. The minimum atomic E-state index is -4.66. The van der Waals surface area contributed by atoms with E-state index in [1.165, 1.54) is 30.9 Å². The highest BCUT2D eigenvalue weighted by Crippen LogP contribution is 2.38. The van der Waals surface area contributed by atoms with Gasteiger partial charge in [0.15, 0.2) is 5.60 Å². The minimum Gasteiger partial charge on any atom is -0.479 e. The molecule has 3 aromatic rings. The van der Waals surface area contributed by atoms with Crippen molar-refractivity contribution in [3.63, 3.8) is 0 Å². The fourth-order valence-corrected chi connectivity index (χ4v) is 7.61. The maximum absolute atomic E-state index is 13.5. The number of sulfone groups is 1. The van der Waals surface area contributed by atoms with Gasteiger partial charge in [0.1, 0.15) is 18.1 Å². The molecule has 0 saturated carbocycles. The van der Waals surface area contributed by atoms with Gasteiger partial charge in [-0.1, -0.05) is 59.8 Å². The molecule has 3 atom stereocenters. The molecule has 5 rings (SSSR count). The maximum Gasteiger partial charge on any atom is 0.410 e. The summed E-state index contributed by atoms with van der Waals surface area (Å²) in [4.78, 5) is 47.3. The summed E-state index contributed by atoms with van der Waals surface area (Å²) in [5.41, 5.74) is 6.31. The van der Waals surface area contributed by atoms with Gasteiger partial charge in [0.25, 0.3) is 5.91 Å². The Kier molecular flexibility index (Phi) is 9.49. The number of amides is 2. The molecule has 1 saturated heterocycles. The molecule has 47 heavy (non-hydrogen) atoms. The highest BCUT2D eigenvalue weighted by molar-refractivity contribution is 7.93. The summed E-state index contributed by atoms with van der Waals surface area (Å²) in [6.07, 6.45) is 1.31. The molecular weight excluding hydrogens is 628 g/mol. The van der Waals surface area contributed by atoms with Gasteiger partial charge in [-0.05, 0) is 42.7 Å². The Labute approximate surface area is 271 Å². The lowest BCUT2D eigenvalue weighted by molar-refractivity contribution is -0.139. The summed E-state index contributed by atoms with van der Waals surface area (Å²) < 4.78 is 32.7. The number of oxime groups is 1. The van der Waals surface area contributed by atoms with E-state index in [0.29, 0.717) is 23.5 Å². The second-order valence-corrected chi connectivity index (χ2v) is 13.9. The summed E-state index contributed by atoms with van der Waals surface area (Å²) in [6.45, 7) is 2.54. The van der Waals surface area contributed by atoms with Crippen LogP contribution >= 0.6 is 0 Å². The number of hydrogen-bond acceptors (Lipinski definition) is 11. The normalized spacial score (nSPS) is 20.2. The van der Waals surface area contributed by atoms with E-state index in [2.05, 4.69) is 20.8 Å². The van der Waals surface area contributed by atoms with Crippen LogP contribution in [0.1, 0.15) is 29.5 Å². The number of hydrogen-bond donors (Lipinski definition) is 4. The van der Waals surface area contributed by atoms with E-state index in [1.54, 1.807) is 24.4 Å². The molecule has 2 amide bonds. The van der Waals surface area contributed by atoms with Gasteiger partial charge in [-0.2, -0.15) is 0 Å². The van der Waals surface area contributed by atoms with E-state index in [4.69, 9.17) is 15.3 Å². The Hall–Kier alpha value is -5.02. The average Bonchev–Trinajstić information content (AvgIpc) is 3.64. The number of nitrogens with zero attached hydrogens (tertiary/aromatic N) is 3. The van der Waals surface area contributed by atoms with Crippen LogP contribution in [-0.4, -0.2) is 83.2 Å². The molecule has 0 radical (unpaired) electrons. The van der Waals surface area contributed by atoms with Gasteiger partial charge < -0.3 is 31.0 Å². The van der Waals surface area contributed by atoms with E-state index in [0.717, 1.165) is 5.56 Å². The van der Waals surface area contributed by atoms with Crippen LogP contribution in [0, 0.1) is 13.8 Å². The molecule has 1 aromatic heterocycles. The molecule has 14 nitrogen and oxygen atoms in total. The van der Waals surface area contributed by atoms with Gasteiger partial charge in [0.2, 0.25) is 14.7 Å². The van der Waals surface area contributed by atoms with Gasteiger partial charge in [0.05, 0.1) is 24.0 Å². The van der Waals surface area contributed by atoms with Crippen LogP contribution < -0.4 is 16.4 Å². The second-order valence-electron chi connectivity index (χ2n) is 11.7. The maximum atomic E-state index is 13.5. The number of likely N-dealkylation sites (tertiary alicyclic amines) is 1. The van der Waals surface area contributed by atoms with Crippen LogP contribution in [0.5, 0.6) is 0 Å². The number of benzene rings is 2. The Bertz CT molecular complexity index is 1770. The van der Waals surface area contributed by atoms with Crippen LogP contribution in [0.25, 0.3) is 0 Å². The summed E-state index contributed by atoms with van der Waals surface area (Å²) in [7, 11) is -4.66. The number of ether oxygens (including phenoxy) is 1. The van der Waals surface area contributed by atoms with Crippen molar-refractivity contribution >= 4 is 39.3 Å². The van der Waals surface area contributed by atoms with Gasteiger partial charge in [-0.3, -0.25) is 9.69 Å². The van der Waals surface area contributed by atoms with Crippen molar-refractivity contribution in [1.82, 2.24) is 15.2 Å². The standard InChI is InChI=1S/C32H36N6O8S/c1-21-9-8-10-22(2)27(21)47(43,44)32(33,29(40)41)19-36-28(39)25-16-31(46-37-25)15-24(17-35-26-13-6-7-14-34-26)38(20-31)30(42)45-18-23-11-4-3-5-12-23/h3-14,24H,15-20,33H2,1-2H3,(H,34,35)(H,36,39)(H,40,41)/t24?,31?,32-/m0/s1. The Morgan fingerprint density at radius 3 is 2.45 bits per heavy atom. The molecule has 2 unspecified atom stereocenters. The summed E-state index contributed by atoms with van der Waals surface area (Å²) in [6, 6.07) is 18.9. The first-order chi connectivity index (χ1) is 22.3. The van der Waals surface area contributed by atoms with E-state index < -0.39 is 50.9 Å². The Morgan fingerprint density at radius 1 is 1.09 bits per heavy atom.